The second kappa shape index (κ2) is 8.42. The Balaban J connectivity index is 1.59. The maximum absolute atomic E-state index is 12.3. The fraction of sp³-hybridized carbons (Fsp3) is 0.368. The highest BCUT2D eigenvalue weighted by Gasteiger charge is 2.18. The number of likely N-dealkylation sites (N-methyl/N-ethyl adjacent to an activating group) is 1. The number of carbonyl (C=O) groups excluding carboxylic acids is 1. The largest absolute Gasteiger partial charge is 0.468 e. The Morgan fingerprint density at radius 1 is 1.31 bits per heavy atom. The minimum Gasteiger partial charge on any atom is -0.468 e. The molecule has 0 spiro atoms. The van der Waals surface area contributed by atoms with Gasteiger partial charge in [0, 0.05) is 13.1 Å². The van der Waals surface area contributed by atoms with Crippen molar-refractivity contribution in [1.29, 1.82) is 0 Å². The number of imidazole rings is 1. The predicted octanol–water partition coefficient (Wildman–Crippen LogP) is 3.16. The number of thioether (sulfide) groups is 1. The van der Waals surface area contributed by atoms with Gasteiger partial charge in [-0.25, -0.2) is 4.98 Å². The number of furan rings is 1. The topological polar surface area (TPSA) is 63.3 Å². The maximum atomic E-state index is 12.3. The zero-order chi connectivity index (χ0) is 18.5. The number of nitrogens with one attached hydrogen (secondary N) is 1. The molecule has 0 unspecified atom stereocenters. The lowest BCUT2D eigenvalue weighted by molar-refractivity contribution is -0.118. The summed E-state index contributed by atoms with van der Waals surface area (Å²) in [5, 5.41) is 3.87. The van der Waals surface area contributed by atoms with Crippen LogP contribution in [0.15, 0.2) is 52.2 Å². The van der Waals surface area contributed by atoms with Crippen LogP contribution in [0.2, 0.25) is 0 Å². The minimum absolute atomic E-state index is 0.0110. The Hall–Kier alpha value is -2.25. The van der Waals surface area contributed by atoms with Crippen molar-refractivity contribution in [2.24, 2.45) is 0 Å². The van der Waals surface area contributed by atoms with E-state index in [9.17, 15) is 4.79 Å². The summed E-state index contributed by atoms with van der Waals surface area (Å²) in [7, 11) is 3.94. The molecule has 138 valence electrons. The molecule has 0 aliphatic carbocycles. The van der Waals surface area contributed by atoms with E-state index in [2.05, 4.69) is 27.9 Å². The second-order valence-corrected chi connectivity index (χ2v) is 7.16. The third kappa shape index (κ3) is 4.11. The van der Waals surface area contributed by atoms with E-state index < -0.39 is 0 Å². The van der Waals surface area contributed by atoms with Crippen LogP contribution < -0.4 is 5.32 Å². The first-order valence-corrected chi connectivity index (χ1v) is 9.63. The zero-order valence-corrected chi connectivity index (χ0v) is 16.1. The maximum Gasteiger partial charge on any atom is 0.230 e. The Morgan fingerprint density at radius 2 is 2.12 bits per heavy atom. The first-order chi connectivity index (χ1) is 12.6. The Morgan fingerprint density at radius 3 is 2.81 bits per heavy atom. The number of hydrogen-bond donors (Lipinski definition) is 1. The molecule has 3 rings (SSSR count). The van der Waals surface area contributed by atoms with Crippen LogP contribution in [-0.4, -0.2) is 46.8 Å². The summed E-state index contributed by atoms with van der Waals surface area (Å²) in [6.45, 7) is 3.42. The molecule has 0 aliphatic rings. The fourth-order valence-electron chi connectivity index (χ4n) is 2.88. The second-order valence-electron chi connectivity index (χ2n) is 6.21. The Bertz CT molecular complexity index is 858. The summed E-state index contributed by atoms with van der Waals surface area (Å²) >= 11 is 1.47. The van der Waals surface area contributed by atoms with Gasteiger partial charge in [-0.05, 0) is 45.3 Å². The number of benzene rings is 1. The number of hydrogen-bond acceptors (Lipinski definition) is 5. The van der Waals surface area contributed by atoms with Gasteiger partial charge in [0.25, 0.3) is 0 Å². The molecule has 0 aliphatic heterocycles. The van der Waals surface area contributed by atoms with Crippen LogP contribution in [0.1, 0.15) is 18.7 Å². The van der Waals surface area contributed by atoms with Gasteiger partial charge in [0.1, 0.15) is 5.76 Å². The summed E-state index contributed by atoms with van der Waals surface area (Å²) in [5.74, 6) is 1.17. The lowest BCUT2D eigenvalue weighted by atomic mass is 10.2. The van der Waals surface area contributed by atoms with Crippen molar-refractivity contribution in [3.63, 3.8) is 0 Å². The molecule has 1 N–H and O–H groups in total. The smallest absolute Gasteiger partial charge is 0.230 e. The average Bonchev–Trinajstić information content (AvgIpc) is 3.27. The number of fused-ring (bicyclic) bond motifs is 1. The lowest BCUT2D eigenvalue weighted by Crippen LogP contribution is -2.35. The Labute approximate surface area is 157 Å². The van der Waals surface area contributed by atoms with Crippen molar-refractivity contribution in [3.05, 3.63) is 48.4 Å². The molecule has 26 heavy (non-hydrogen) atoms. The summed E-state index contributed by atoms with van der Waals surface area (Å²) in [4.78, 5) is 19.0. The van der Waals surface area contributed by atoms with E-state index in [1.165, 1.54) is 11.8 Å². The lowest BCUT2D eigenvalue weighted by Gasteiger charge is -2.22. The van der Waals surface area contributed by atoms with Gasteiger partial charge in [0.05, 0.1) is 29.1 Å². The molecule has 0 saturated carbocycles. The van der Waals surface area contributed by atoms with E-state index in [0.29, 0.717) is 12.3 Å². The van der Waals surface area contributed by atoms with Crippen LogP contribution in [0, 0.1) is 0 Å². The number of aryl methyl sites for hydroxylation is 1. The van der Waals surface area contributed by atoms with Gasteiger partial charge in [-0.15, -0.1) is 0 Å². The van der Waals surface area contributed by atoms with Gasteiger partial charge in [0.15, 0.2) is 5.16 Å². The van der Waals surface area contributed by atoms with Gasteiger partial charge < -0.3 is 14.3 Å². The van der Waals surface area contributed by atoms with Crippen LogP contribution >= 0.6 is 11.8 Å². The number of nitrogens with zero attached hydrogens (tertiary/aromatic N) is 3. The van der Waals surface area contributed by atoms with Gasteiger partial charge in [-0.2, -0.15) is 0 Å². The first kappa shape index (κ1) is 18.5. The normalized spacial score (nSPS) is 12.6. The van der Waals surface area contributed by atoms with E-state index in [0.717, 1.165) is 28.5 Å². The number of carbonyl (C=O) groups is 1. The molecule has 0 radical (unpaired) electrons. The molecule has 0 fully saturated rings. The van der Waals surface area contributed by atoms with Crippen molar-refractivity contribution in [2.75, 3.05) is 26.4 Å². The van der Waals surface area contributed by atoms with Crippen molar-refractivity contribution in [1.82, 2.24) is 19.8 Å². The predicted molar refractivity (Wildman–Crippen MR) is 104 cm³/mol. The number of aromatic nitrogens is 2. The van der Waals surface area contributed by atoms with Crippen LogP contribution in [0.25, 0.3) is 11.0 Å². The molecule has 6 nitrogen and oxygen atoms in total. The van der Waals surface area contributed by atoms with E-state index in [-0.39, 0.29) is 11.9 Å². The number of para-hydroxylation sites is 2. The van der Waals surface area contributed by atoms with Gasteiger partial charge in [0.2, 0.25) is 5.91 Å². The molecular weight excluding hydrogens is 348 g/mol. The highest BCUT2D eigenvalue weighted by Crippen LogP contribution is 2.24. The molecular formula is C19H24N4O2S. The summed E-state index contributed by atoms with van der Waals surface area (Å²) in [5.41, 5.74) is 2.06. The summed E-state index contributed by atoms with van der Waals surface area (Å²) in [6.07, 6.45) is 1.65. The van der Waals surface area contributed by atoms with Gasteiger partial charge in [-0.1, -0.05) is 23.9 Å². The van der Waals surface area contributed by atoms with Crippen LogP contribution in [0.3, 0.4) is 0 Å². The Kier molecular flexibility index (Phi) is 6.00. The first-order valence-electron chi connectivity index (χ1n) is 8.64. The van der Waals surface area contributed by atoms with E-state index in [1.807, 2.05) is 49.3 Å². The highest BCUT2D eigenvalue weighted by molar-refractivity contribution is 7.99. The number of rotatable bonds is 8. The molecule has 0 bridgehead atoms. The van der Waals surface area contributed by atoms with E-state index >= 15 is 0 Å². The summed E-state index contributed by atoms with van der Waals surface area (Å²) in [6, 6.07) is 11.8. The molecule has 1 amide bonds. The highest BCUT2D eigenvalue weighted by atomic mass is 32.2. The average molecular weight is 372 g/mol. The zero-order valence-electron chi connectivity index (χ0n) is 15.3. The third-order valence-electron chi connectivity index (χ3n) is 4.26. The fourth-order valence-corrected chi connectivity index (χ4v) is 3.79. The van der Waals surface area contributed by atoms with Crippen LogP contribution in [0.5, 0.6) is 0 Å². The molecule has 1 aromatic carbocycles. The van der Waals surface area contributed by atoms with Crippen LogP contribution in [0.4, 0.5) is 0 Å². The van der Waals surface area contributed by atoms with Crippen LogP contribution in [-0.2, 0) is 11.3 Å². The molecule has 2 heterocycles. The standard InChI is InChI=1S/C19H24N4O2S/c1-4-23-15-9-6-5-8-14(15)21-19(23)26-13-18(24)20-12-16(22(2)3)17-10-7-11-25-17/h5-11,16H,4,12-13H2,1-3H3,(H,20,24)/t16-/m1/s1. The molecule has 1 atom stereocenters. The summed E-state index contributed by atoms with van der Waals surface area (Å²) < 4.78 is 7.61. The quantitative estimate of drug-likeness (QED) is 0.616. The molecule has 2 aromatic heterocycles. The molecule has 3 aromatic rings. The van der Waals surface area contributed by atoms with E-state index in [4.69, 9.17) is 4.42 Å². The monoisotopic (exact) mass is 372 g/mol. The number of amides is 1. The molecule has 7 heteroatoms. The van der Waals surface area contributed by atoms with Gasteiger partial charge in [-0.3, -0.25) is 9.69 Å². The van der Waals surface area contributed by atoms with Crippen molar-refractivity contribution >= 4 is 28.7 Å². The SMILES string of the molecule is CCn1c(SCC(=O)NC[C@H](c2ccco2)N(C)C)nc2ccccc21. The van der Waals surface area contributed by atoms with Crippen molar-refractivity contribution in [2.45, 2.75) is 24.7 Å². The van der Waals surface area contributed by atoms with Crippen molar-refractivity contribution < 1.29 is 9.21 Å². The van der Waals surface area contributed by atoms with E-state index in [1.54, 1.807) is 6.26 Å². The van der Waals surface area contributed by atoms with Gasteiger partial charge >= 0.3 is 0 Å². The minimum atomic E-state index is -0.0110. The third-order valence-corrected chi connectivity index (χ3v) is 5.23. The molecule has 0 saturated heterocycles. The van der Waals surface area contributed by atoms with Crippen molar-refractivity contribution in [3.8, 4) is 0 Å².